The smallest absolute Gasteiger partial charge is 0.410 e. The molecule has 1 aromatic carbocycles. The predicted octanol–water partition coefficient (Wildman–Crippen LogP) is 5.13. The highest BCUT2D eigenvalue weighted by atomic mass is 16.6. The van der Waals surface area contributed by atoms with Gasteiger partial charge in [0.1, 0.15) is 12.6 Å². The van der Waals surface area contributed by atoms with E-state index in [2.05, 4.69) is 5.32 Å². The van der Waals surface area contributed by atoms with Gasteiger partial charge in [0, 0.05) is 25.1 Å². The summed E-state index contributed by atoms with van der Waals surface area (Å²) in [6.45, 7) is 2.70. The van der Waals surface area contributed by atoms with E-state index in [9.17, 15) is 14.7 Å². The van der Waals surface area contributed by atoms with Crippen LogP contribution in [0.25, 0.3) is 0 Å². The Labute approximate surface area is 204 Å². The number of carbonyl (C=O) groups is 2. The van der Waals surface area contributed by atoms with Crippen LogP contribution >= 0.6 is 0 Å². The lowest BCUT2D eigenvalue weighted by Crippen LogP contribution is -2.40. The summed E-state index contributed by atoms with van der Waals surface area (Å²) in [5, 5.41) is 13.1. The molecule has 2 saturated carbocycles. The second kappa shape index (κ2) is 14.3. The summed E-state index contributed by atoms with van der Waals surface area (Å²) in [6.07, 6.45) is 14.0. The number of ether oxygens (including phenoxy) is 2. The van der Waals surface area contributed by atoms with E-state index < -0.39 is 18.1 Å². The first-order valence-corrected chi connectivity index (χ1v) is 13.1. The first-order valence-electron chi connectivity index (χ1n) is 13.1. The Morgan fingerprint density at radius 1 is 0.971 bits per heavy atom. The van der Waals surface area contributed by atoms with E-state index in [1.54, 1.807) is 0 Å². The molecular formula is C27H42N2O5. The molecule has 0 radical (unpaired) electrons. The molecule has 2 atom stereocenters. The Kier molecular flexibility index (Phi) is 11.2. The molecule has 7 heteroatoms. The van der Waals surface area contributed by atoms with Gasteiger partial charge in [0.2, 0.25) is 0 Å². The lowest BCUT2D eigenvalue weighted by Gasteiger charge is -2.30. The van der Waals surface area contributed by atoms with Crippen LogP contribution in [-0.2, 0) is 20.9 Å². The van der Waals surface area contributed by atoms with Crippen molar-refractivity contribution >= 4 is 12.1 Å². The van der Waals surface area contributed by atoms with Gasteiger partial charge in [-0.15, -0.1) is 0 Å². The number of hydrogen-bond acceptors (Lipinski definition) is 5. The second-order valence-corrected chi connectivity index (χ2v) is 9.70. The van der Waals surface area contributed by atoms with E-state index in [0.717, 1.165) is 17.6 Å². The van der Waals surface area contributed by atoms with Crippen LogP contribution in [0.4, 0.5) is 4.79 Å². The van der Waals surface area contributed by atoms with Crippen molar-refractivity contribution in [3.05, 3.63) is 35.9 Å². The van der Waals surface area contributed by atoms with Crippen molar-refractivity contribution in [2.45, 2.75) is 108 Å². The second-order valence-electron chi connectivity index (χ2n) is 9.70. The minimum atomic E-state index is -1.03. The summed E-state index contributed by atoms with van der Waals surface area (Å²) in [5.41, 5.74) is 0.860. The van der Waals surface area contributed by atoms with E-state index in [1.165, 1.54) is 69.1 Å². The molecule has 1 heterocycles. The Bertz CT molecular complexity index is 716. The van der Waals surface area contributed by atoms with Crippen LogP contribution in [0.3, 0.4) is 0 Å². The average Bonchev–Trinajstić information content (AvgIpc) is 3.30. The van der Waals surface area contributed by atoms with Crippen LogP contribution in [0.1, 0.15) is 83.1 Å². The van der Waals surface area contributed by atoms with Crippen molar-refractivity contribution in [1.29, 1.82) is 0 Å². The molecule has 4 rings (SSSR count). The number of aliphatic carboxylic acids is 1. The molecule has 1 aliphatic heterocycles. The molecule has 1 aromatic rings. The summed E-state index contributed by atoms with van der Waals surface area (Å²) < 4.78 is 10.6. The van der Waals surface area contributed by atoms with Gasteiger partial charge in [0.25, 0.3) is 0 Å². The maximum absolute atomic E-state index is 12.1. The molecule has 0 bridgehead atoms. The highest BCUT2D eigenvalue weighted by Gasteiger charge is 2.41. The van der Waals surface area contributed by atoms with E-state index in [4.69, 9.17) is 9.47 Å². The van der Waals surface area contributed by atoms with Crippen LogP contribution in [0.2, 0.25) is 0 Å². The van der Waals surface area contributed by atoms with Crippen molar-refractivity contribution < 1.29 is 24.2 Å². The number of carbonyl (C=O) groups excluding carboxylic acids is 1. The third-order valence-corrected chi connectivity index (χ3v) is 7.07. The third-order valence-electron chi connectivity index (χ3n) is 7.07. The summed E-state index contributed by atoms with van der Waals surface area (Å²) in [6, 6.07) is 10.1. The van der Waals surface area contributed by atoms with Crippen LogP contribution < -0.4 is 5.32 Å². The fourth-order valence-electron chi connectivity index (χ4n) is 5.26. The number of nitrogens with one attached hydrogen (secondary N) is 1. The first-order chi connectivity index (χ1) is 16.6. The molecule has 3 aliphatic rings. The minimum Gasteiger partial charge on any atom is -0.480 e. The zero-order valence-corrected chi connectivity index (χ0v) is 20.6. The molecule has 190 valence electrons. The number of rotatable bonds is 7. The molecule has 2 aliphatic carbocycles. The molecule has 7 nitrogen and oxygen atoms in total. The number of benzene rings is 1. The quantitative estimate of drug-likeness (QED) is 0.570. The molecule has 0 spiro atoms. The summed E-state index contributed by atoms with van der Waals surface area (Å²) in [4.78, 5) is 24.5. The fraction of sp³-hybridized carbons (Fsp3) is 0.704. The van der Waals surface area contributed by atoms with Crippen molar-refractivity contribution in [2.24, 2.45) is 0 Å². The van der Waals surface area contributed by atoms with Crippen LogP contribution in [0.15, 0.2) is 30.3 Å². The van der Waals surface area contributed by atoms with Gasteiger partial charge < -0.3 is 19.9 Å². The number of carboxylic acid groups (broad SMARTS) is 1. The standard InChI is InChI=1S/C15H19NO5.C12H23N/c1-2-20-12-8-13(14(17)18)16(9-12)15(19)21-10-11-6-4-3-5-7-11;1-3-7-11(8-4-1)13-12-9-5-2-6-10-12/h3-7,12-13H,2,8-10H2,1H3,(H,17,18);11-13H,1-10H2/t12-,13+;/m1./s1. The molecule has 2 N–H and O–H groups in total. The third kappa shape index (κ3) is 8.58. The SMILES string of the molecule is C1CCC(NC2CCCCC2)CC1.CCO[C@@H]1C[C@@H](C(=O)O)N(C(=O)OCc2ccccc2)C1. The topological polar surface area (TPSA) is 88.1 Å². The normalized spacial score (nSPS) is 23.7. The van der Waals surface area contributed by atoms with E-state index in [-0.39, 0.29) is 19.3 Å². The highest BCUT2D eigenvalue weighted by Crippen LogP contribution is 2.23. The predicted molar refractivity (Wildman–Crippen MR) is 132 cm³/mol. The Balaban J connectivity index is 0.000000212. The summed E-state index contributed by atoms with van der Waals surface area (Å²) in [7, 11) is 0. The molecule has 1 saturated heterocycles. The minimum absolute atomic E-state index is 0.127. The van der Waals surface area contributed by atoms with Gasteiger partial charge in [-0.05, 0) is 38.2 Å². The maximum atomic E-state index is 12.1. The number of nitrogens with zero attached hydrogens (tertiary/aromatic N) is 1. The molecule has 3 fully saturated rings. The van der Waals surface area contributed by atoms with Gasteiger partial charge in [0.05, 0.1) is 12.6 Å². The number of likely N-dealkylation sites (tertiary alicyclic amines) is 1. The molecule has 0 aromatic heterocycles. The zero-order chi connectivity index (χ0) is 24.2. The number of carboxylic acids is 1. The lowest BCUT2D eigenvalue weighted by atomic mass is 9.91. The van der Waals surface area contributed by atoms with Crippen LogP contribution in [0.5, 0.6) is 0 Å². The lowest BCUT2D eigenvalue weighted by molar-refractivity contribution is -0.141. The van der Waals surface area contributed by atoms with Gasteiger partial charge in [-0.3, -0.25) is 4.90 Å². The van der Waals surface area contributed by atoms with E-state index in [1.807, 2.05) is 37.3 Å². The molecular weight excluding hydrogens is 432 g/mol. The molecule has 1 amide bonds. The van der Waals surface area contributed by atoms with Crippen molar-refractivity contribution in [1.82, 2.24) is 10.2 Å². The maximum Gasteiger partial charge on any atom is 0.410 e. The summed E-state index contributed by atoms with van der Waals surface area (Å²) in [5.74, 6) is -1.03. The van der Waals surface area contributed by atoms with Crippen molar-refractivity contribution in [3.63, 3.8) is 0 Å². The zero-order valence-electron chi connectivity index (χ0n) is 20.6. The van der Waals surface area contributed by atoms with Gasteiger partial charge >= 0.3 is 12.1 Å². The fourth-order valence-corrected chi connectivity index (χ4v) is 5.26. The number of hydrogen-bond donors (Lipinski definition) is 2. The molecule has 0 unspecified atom stereocenters. The Morgan fingerprint density at radius 3 is 2.09 bits per heavy atom. The van der Waals surface area contributed by atoms with Gasteiger partial charge in [-0.1, -0.05) is 68.9 Å². The monoisotopic (exact) mass is 474 g/mol. The van der Waals surface area contributed by atoms with E-state index >= 15 is 0 Å². The average molecular weight is 475 g/mol. The van der Waals surface area contributed by atoms with Crippen molar-refractivity contribution in [2.75, 3.05) is 13.2 Å². The van der Waals surface area contributed by atoms with Gasteiger partial charge in [-0.2, -0.15) is 0 Å². The van der Waals surface area contributed by atoms with Crippen LogP contribution in [0, 0.1) is 0 Å². The molecule has 34 heavy (non-hydrogen) atoms. The number of amides is 1. The largest absolute Gasteiger partial charge is 0.480 e. The Hall–Kier alpha value is -2.12. The first kappa shape index (κ1) is 26.5. The van der Waals surface area contributed by atoms with Gasteiger partial charge in [0.15, 0.2) is 0 Å². The Morgan fingerprint density at radius 2 is 1.56 bits per heavy atom. The highest BCUT2D eigenvalue weighted by molar-refractivity contribution is 5.80. The van der Waals surface area contributed by atoms with E-state index in [0.29, 0.717) is 13.0 Å². The van der Waals surface area contributed by atoms with Crippen LogP contribution in [-0.4, -0.2) is 59.5 Å². The van der Waals surface area contributed by atoms with Crippen molar-refractivity contribution in [3.8, 4) is 0 Å². The van der Waals surface area contributed by atoms with Gasteiger partial charge in [-0.25, -0.2) is 9.59 Å². The summed E-state index contributed by atoms with van der Waals surface area (Å²) >= 11 is 0.